The summed E-state index contributed by atoms with van der Waals surface area (Å²) in [7, 11) is 0. The Morgan fingerprint density at radius 1 is 1.53 bits per heavy atom. The molecule has 0 radical (unpaired) electrons. The number of imidazole rings is 1. The molecule has 0 aliphatic heterocycles. The van der Waals surface area contributed by atoms with Crippen molar-refractivity contribution in [2.75, 3.05) is 0 Å². The van der Waals surface area contributed by atoms with Crippen molar-refractivity contribution in [2.45, 2.75) is 25.7 Å². The zero-order valence-corrected chi connectivity index (χ0v) is 9.60. The monoisotopic (exact) mass is 227 g/mol. The van der Waals surface area contributed by atoms with Crippen LogP contribution in [0.1, 0.15) is 31.5 Å². The first-order chi connectivity index (χ1) is 8.26. The lowest BCUT2D eigenvalue weighted by Crippen LogP contribution is -2.11. The second-order valence-electron chi connectivity index (χ2n) is 3.92. The number of para-hydroxylation sites is 2. The number of fused-ring (bicyclic) bond motifs is 1. The molecule has 1 aromatic carbocycles. The molecule has 0 spiro atoms. The molecule has 1 aromatic heterocycles. The molecule has 1 unspecified atom stereocenters. The molecule has 1 N–H and O–H groups in total. The smallest absolute Gasteiger partial charge is 0.162 e. The summed E-state index contributed by atoms with van der Waals surface area (Å²) in [5, 5.41) is 9.07. The van der Waals surface area contributed by atoms with Crippen LogP contribution in [0.3, 0.4) is 0 Å². The van der Waals surface area contributed by atoms with Crippen LogP contribution in [-0.2, 0) is 4.79 Å². The molecule has 4 heteroatoms. The number of aromatic nitrogens is 2. The number of benzene rings is 1. The van der Waals surface area contributed by atoms with Gasteiger partial charge >= 0.3 is 0 Å². The van der Waals surface area contributed by atoms with Gasteiger partial charge in [0.25, 0.3) is 0 Å². The fourth-order valence-corrected chi connectivity index (χ4v) is 1.79. The SMILES string of the molecule is CCCC(=O)C(C#N)c1nc2ccccc2[nH]1. The lowest BCUT2D eigenvalue weighted by Gasteiger charge is -2.02. The van der Waals surface area contributed by atoms with Gasteiger partial charge in [-0.05, 0) is 18.6 Å². The van der Waals surface area contributed by atoms with Gasteiger partial charge in [-0.1, -0.05) is 19.1 Å². The molecule has 0 fully saturated rings. The Morgan fingerprint density at radius 3 is 2.94 bits per heavy atom. The molecule has 17 heavy (non-hydrogen) atoms. The maximum absolute atomic E-state index is 11.8. The number of Topliss-reactive ketones (excluding diaryl/α,β-unsaturated/α-hetero) is 1. The van der Waals surface area contributed by atoms with E-state index in [1.54, 1.807) is 0 Å². The molecule has 1 heterocycles. The molecule has 2 rings (SSSR count). The lowest BCUT2D eigenvalue weighted by atomic mass is 10.0. The first-order valence-corrected chi connectivity index (χ1v) is 5.63. The highest BCUT2D eigenvalue weighted by Crippen LogP contribution is 2.19. The Hall–Kier alpha value is -2.15. The molecule has 0 saturated heterocycles. The van der Waals surface area contributed by atoms with Crippen molar-refractivity contribution in [3.8, 4) is 6.07 Å². The third-order valence-electron chi connectivity index (χ3n) is 2.63. The third kappa shape index (κ3) is 2.18. The van der Waals surface area contributed by atoms with Crippen LogP contribution >= 0.6 is 0 Å². The zero-order valence-electron chi connectivity index (χ0n) is 9.60. The Bertz CT molecular complexity index is 547. The van der Waals surface area contributed by atoms with Crippen molar-refractivity contribution >= 4 is 16.8 Å². The Balaban J connectivity index is 2.37. The highest BCUT2D eigenvalue weighted by Gasteiger charge is 2.22. The van der Waals surface area contributed by atoms with Gasteiger partial charge in [0, 0.05) is 6.42 Å². The van der Waals surface area contributed by atoms with Crippen LogP contribution in [0, 0.1) is 11.3 Å². The van der Waals surface area contributed by atoms with Gasteiger partial charge < -0.3 is 4.98 Å². The molecule has 2 aromatic rings. The molecule has 1 atom stereocenters. The van der Waals surface area contributed by atoms with Gasteiger partial charge in [-0.25, -0.2) is 4.98 Å². The van der Waals surface area contributed by atoms with Crippen LogP contribution in [0.5, 0.6) is 0 Å². The summed E-state index contributed by atoms with van der Waals surface area (Å²) in [6.45, 7) is 1.92. The quantitative estimate of drug-likeness (QED) is 0.872. The van der Waals surface area contributed by atoms with E-state index in [0.717, 1.165) is 17.5 Å². The summed E-state index contributed by atoms with van der Waals surface area (Å²) in [5.41, 5.74) is 1.64. The van der Waals surface area contributed by atoms with Crippen LogP contribution in [0.2, 0.25) is 0 Å². The predicted octanol–water partition coefficient (Wildman–Crippen LogP) is 2.54. The normalized spacial score (nSPS) is 12.2. The number of nitrogens with one attached hydrogen (secondary N) is 1. The second-order valence-corrected chi connectivity index (χ2v) is 3.92. The highest BCUT2D eigenvalue weighted by molar-refractivity contribution is 5.88. The van der Waals surface area contributed by atoms with Crippen molar-refractivity contribution in [1.29, 1.82) is 5.26 Å². The minimum Gasteiger partial charge on any atom is -0.340 e. The number of ketones is 1. The van der Waals surface area contributed by atoms with Crippen LogP contribution in [-0.4, -0.2) is 15.8 Å². The number of carbonyl (C=O) groups is 1. The van der Waals surface area contributed by atoms with E-state index in [0.29, 0.717) is 12.2 Å². The average molecular weight is 227 g/mol. The topological polar surface area (TPSA) is 69.5 Å². The Morgan fingerprint density at radius 2 is 2.29 bits per heavy atom. The largest absolute Gasteiger partial charge is 0.340 e. The van der Waals surface area contributed by atoms with Gasteiger partial charge in [-0.2, -0.15) is 5.26 Å². The summed E-state index contributed by atoms with van der Waals surface area (Å²) in [5.74, 6) is -0.399. The van der Waals surface area contributed by atoms with Gasteiger partial charge in [-0.15, -0.1) is 0 Å². The molecule has 0 aliphatic carbocycles. The van der Waals surface area contributed by atoms with Gasteiger partial charge in [0.1, 0.15) is 5.82 Å². The van der Waals surface area contributed by atoms with E-state index in [9.17, 15) is 4.79 Å². The summed E-state index contributed by atoms with van der Waals surface area (Å²) in [6.07, 6.45) is 1.16. The van der Waals surface area contributed by atoms with E-state index in [2.05, 4.69) is 9.97 Å². The number of rotatable bonds is 4. The number of H-pyrrole nitrogens is 1. The van der Waals surface area contributed by atoms with Gasteiger partial charge in [0.05, 0.1) is 17.1 Å². The third-order valence-corrected chi connectivity index (χ3v) is 2.63. The van der Waals surface area contributed by atoms with Crippen LogP contribution in [0.15, 0.2) is 24.3 Å². The number of hydrogen-bond acceptors (Lipinski definition) is 3. The standard InChI is InChI=1S/C13H13N3O/c1-2-5-12(17)9(8-14)13-15-10-6-3-4-7-11(10)16-13/h3-4,6-7,9H,2,5H2,1H3,(H,15,16). The predicted molar refractivity (Wildman–Crippen MR) is 64.4 cm³/mol. The van der Waals surface area contributed by atoms with Gasteiger partial charge in [0.15, 0.2) is 11.7 Å². The van der Waals surface area contributed by atoms with Crippen molar-refractivity contribution in [3.63, 3.8) is 0 Å². The minimum atomic E-state index is -0.776. The molecule has 86 valence electrons. The Labute approximate surface area is 99.3 Å². The number of nitrogens with zero attached hydrogens (tertiary/aromatic N) is 2. The molecule has 0 amide bonds. The van der Waals surface area contributed by atoms with E-state index in [4.69, 9.17) is 5.26 Å². The summed E-state index contributed by atoms with van der Waals surface area (Å²) >= 11 is 0. The van der Waals surface area contributed by atoms with Crippen molar-refractivity contribution in [1.82, 2.24) is 9.97 Å². The van der Waals surface area contributed by atoms with Crippen LogP contribution in [0.25, 0.3) is 11.0 Å². The number of hydrogen-bond donors (Lipinski definition) is 1. The summed E-state index contributed by atoms with van der Waals surface area (Å²) in [4.78, 5) is 19.1. The van der Waals surface area contributed by atoms with Crippen molar-refractivity contribution in [3.05, 3.63) is 30.1 Å². The fraction of sp³-hybridized carbons (Fsp3) is 0.308. The summed E-state index contributed by atoms with van der Waals surface area (Å²) in [6, 6.07) is 9.52. The van der Waals surface area contributed by atoms with Crippen LogP contribution < -0.4 is 0 Å². The molecule has 0 aliphatic rings. The van der Waals surface area contributed by atoms with Crippen molar-refractivity contribution < 1.29 is 4.79 Å². The number of aromatic amines is 1. The fourth-order valence-electron chi connectivity index (χ4n) is 1.79. The molecule has 4 nitrogen and oxygen atoms in total. The first kappa shape index (κ1) is 11.3. The first-order valence-electron chi connectivity index (χ1n) is 5.63. The number of carbonyl (C=O) groups excluding carboxylic acids is 1. The molecule has 0 bridgehead atoms. The maximum Gasteiger partial charge on any atom is 0.162 e. The zero-order chi connectivity index (χ0) is 12.3. The van der Waals surface area contributed by atoms with E-state index in [1.165, 1.54) is 0 Å². The van der Waals surface area contributed by atoms with Gasteiger partial charge in [0.2, 0.25) is 0 Å². The average Bonchev–Trinajstić information content (AvgIpc) is 2.73. The van der Waals surface area contributed by atoms with E-state index >= 15 is 0 Å². The maximum atomic E-state index is 11.8. The minimum absolute atomic E-state index is 0.0749. The lowest BCUT2D eigenvalue weighted by molar-refractivity contribution is -0.119. The Kier molecular flexibility index (Phi) is 3.20. The second kappa shape index (κ2) is 4.79. The molecular formula is C13H13N3O. The molecular weight excluding hydrogens is 214 g/mol. The number of nitriles is 1. The van der Waals surface area contributed by atoms with Crippen LogP contribution in [0.4, 0.5) is 0 Å². The summed E-state index contributed by atoms with van der Waals surface area (Å²) < 4.78 is 0. The van der Waals surface area contributed by atoms with Crippen molar-refractivity contribution in [2.24, 2.45) is 0 Å². The van der Waals surface area contributed by atoms with E-state index < -0.39 is 5.92 Å². The van der Waals surface area contributed by atoms with Gasteiger partial charge in [-0.3, -0.25) is 4.79 Å². The van der Waals surface area contributed by atoms with E-state index in [1.807, 2.05) is 37.3 Å². The highest BCUT2D eigenvalue weighted by atomic mass is 16.1. The van der Waals surface area contributed by atoms with E-state index in [-0.39, 0.29) is 5.78 Å². The molecule has 0 saturated carbocycles.